The molecular formula is C21H18F7NO3. The van der Waals surface area contributed by atoms with Gasteiger partial charge in [0.05, 0.1) is 12.0 Å². The zero-order valence-electron chi connectivity index (χ0n) is 16.4. The van der Waals surface area contributed by atoms with Crippen molar-refractivity contribution in [3.63, 3.8) is 0 Å². The van der Waals surface area contributed by atoms with Crippen molar-refractivity contribution in [3.05, 3.63) is 65.5 Å². The van der Waals surface area contributed by atoms with E-state index in [4.69, 9.17) is 0 Å². The van der Waals surface area contributed by atoms with Gasteiger partial charge in [-0.3, -0.25) is 4.79 Å². The third kappa shape index (κ3) is 5.32. The maximum Gasteiger partial charge on any atom is 0.422 e. The van der Waals surface area contributed by atoms with Gasteiger partial charge in [0.2, 0.25) is 5.91 Å². The smallest absolute Gasteiger partial charge is 0.422 e. The molecule has 0 radical (unpaired) electrons. The summed E-state index contributed by atoms with van der Waals surface area (Å²) in [5, 5.41) is 12.8. The number of hydrogen-bond donors (Lipinski definition) is 2. The molecule has 1 aliphatic carbocycles. The van der Waals surface area contributed by atoms with Crippen LogP contribution in [0.4, 0.5) is 30.7 Å². The van der Waals surface area contributed by atoms with Crippen LogP contribution in [0, 0.1) is 5.82 Å². The normalized spacial score (nSPS) is 17.4. The Hall–Kier alpha value is -2.82. The number of rotatable bonds is 7. The summed E-state index contributed by atoms with van der Waals surface area (Å²) >= 11 is 0. The first kappa shape index (κ1) is 23.8. The van der Waals surface area contributed by atoms with Crippen molar-refractivity contribution < 1.29 is 45.4 Å². The van der Waals surface area contributed by atoms with E-state index in [2.05, 4.69) is 10.1 Å². The van der Waals surface area contributed by atoms with Gasteiger partial charge in [-0.15, -0.1) is 0 Å². The Bertz CT molecular complexity index is 969. The third-order valence-corrected chi connectivity index (χ3v) is 5.12. The molecule has 3 rings (SSSR count). The molecule has 1 fully saturated rings. The van der Waals surface area contributed by atoms with Gasteiger partial charge in [0.25, 0.3) is 0 Å². The van der Waals surface area contributed by atoms with Gasteiger partial charge in [-0.05, 0) is 48.2 Å². The molecule has 2 aromatic carbocycles. The molecule has 0 saturated heterocycles. The standard InChI is InChI=1S/C21H18F7NO3/c22-15-6-4-13(5-7-15)19(31,21(26,27)28)11-17(30)29-18(8-9-18)14-2-1-3-16(10-14)32-12-20(23,24)25/h1-7,10,31H,8-9,11-12H2,(H,29,30)/t19-/m0/s1. The average molecular weight is 465 g/mol. The number of alkyl halides is 6. The molecule has 0 bridgehead atoms. The highest BCUT2D eigenvalue weighted by Crippen LogP contribution is 2.47. The summed E-state index contributed by atoms with van der Waals surface area (Å²) in [5.41, 5.74) is -4.97. The summed E-state index contributed by atoms with van der Waals surface area (Å²) in [6.45, 7) is -1.52. The first-order valence-electron chi connectivity index (χ1n) is 9.40. The van der Waals surface area contributed by atoms with Gasteiger partial charge in [0.15, 0.2) is 12.2 Å². The Labute approximate surface area is 178 Å². The van der Waals surface area contributed by atoms with Gasteiger partial charge < -0.3 is 15.2 Å². The lowest BCUT2D eigenvalue weighted by atomic mass is 9.89. The van der Waals surface area contributed by atoms with E-state index in [0.717, 1.165) is 24.3 Å². The van der Waals surface area contributed by atoms with Gasteiger partial charge in [0, 0.05) is 0 Å². The highest BCUT2D eigenvalue weighted by Gasteiger charge is 2.57. The van der Waals surface area contributed by atoms with Crippen LogP contribution in [-0.4, -0.2) is 30.0 Å². The van der Waals surface area contributed by atoms with Gasteiger partial charge in [0.1, 0.15) is 11.6 Å². The Morgan fingerprint density at radius 2 is 1.66 bits per heavy atom. The molecule has 1 aliphatic rings. The molecule has 1 amide bonds. The van der Waals surface area contributed by atoms with Crippen molar-refractivity contribution in [1.29, 1.82) is 0 Å². The molecule has 1 saturated carbocycles. The lowest BCUT2D eigenvalue weighted by Gasteiger charge is -2.31. The van der Waals surface area contributed by atoms with Crippen LogP contribution in [0.3, 0.4) is 0 Å². The molecule has 0 heterocycles. The van der Waals surface area contributed by atoms with E-state index >= 15 is 0 Å². The van der Waals surface area contributed by atoms with Crippen LogP contribution in [-0.2, 0) is 15.9 Å². The van der Waals surface area contributed by atoms with Crippen molar-refractivity contribution in [2.24, 2.45) is 0 Å². The maximum atomic E-state index is 13.6. The summed E-state index contributed by atoms with van der Waals surface area (Å²) in [5.74, 6) is -2.06. The molecule has 0 spiro atoms. The van der Waals surface area contributed by atoms with Crippen molar-refractivity contribution >= 4 is 5.91 Å². The quantitative estimate of drug-likeness (QED) is 0.583. The fraction of sp³-hybridized carbons (Fsp3) is 0.381. The van der Waals surface area contributed by atoms with E-state index < -0.39 is 53.8 Å². The highest BCUT2D eigenvalue weighted by molar-refractivity contribution is 5.79. The van der Waals surface area contributed by atoms with E-state index in [1.54, 1.807) is 0 Å². The van der Waals surface area contributed by atoms with Crippen molar-refractivity contribution in [3.8, 4) is 5.75 Å². The number of halogens is 7. The summed E-state index contributed by atoms with van der Waals surface area (Å²) in [6, 6.07) is 8.41. The fourth-order valence-corrected chi connectivity index (χ4v) is 3.29. The second-order valence-corrected chi connectivity index (χ2v) is 7.60. The van der Waals surface area contributed by atoms with Crippen LogP contribution >= 0.6 is 0 Å². The Morgan fingerprint density at radius 1 is 1.03 bits per heavy atom. The van der Waals surface area contributed by atoms with Crippen LogP contribution in [0.5, 0.6) is 5.75 Å². The zero-order chi connectivity index (χ0) is 23.8. The van der Waals surface area contributed by atoms with Crippen LogP contribution in [0.2, 0.25) is 0 Å². The predicted octanol–water partition coefficient (Wildman–Crippen LogP) is 4.71. The molecule has 0 unspecified atom stereocenters. The number of benzene rings is 2. The SMILES string of the molecule is O=C(C[C@](O)(c1ccc(F)cc1)C(F)(F)F)NC1(c2cccc(OCC(F)(F)F)c2)CC1. The number of carbonyl (C=O) groups is 1. The number of ether oxygens (including phenoxy) is 1. The highest BCUT2D eigenvalue weighted by atomic mass is 19.4. The van der Waals surface area contributed by atoms with Crippen molar-refractivity contribution in [1.82, 2.24) is 5.32 Å². The maximum absolute atomic E-state index is 13.6. The Kier molecular flexibility index (Phi) is 6.16. The lowest BCUT2D eigenvalue weighted by Crippen LogP contribution is -2.47. The zero-order valence-corrected chi connectivity index (χ0v) is 16.4. The minimum absolute atomic E-state index is 0.113. The topological polar surface area (TPSA) is 58.6 Å². The van der Waals surface area contributed by atoms with Gasteiger partial charge in [-0.1, -0.05) is 24.3 Å². The fourth-order valence-electron chi connectivity index (χ4n) is 3.29. The van der Waals surface area contributed by atoms with Crippen molar-refractivity contribution in [2.75, 3.05) is 6.61 Å². The van der Waals surface area contributed by atoms with E-state index in [-0.39, 0.29) is 5.75 Å². The number of nitrogens with one attached hydrogen (secondary N) is 1. The molecule has 2 N–H and O–H groups in total. The van der Waals surface area contributed by atoms with Gasteiger partial charge in [-0.2, -0.15) is 26.3 Å². The molecule has 11 heteroatoms. The Morgan fingerprint density at radius 3 is 2.19 bits per heavy atom. The Balaban J connectivity index is 1.77. The summed E-state index contributed by atoms with van der Waals surface area (Å²) in [4.78, 5) is 12.5. The monoisotopic (exact) mass is 465 g/mol. The average Bonchev–Trinajstić information content (AvgIpc) is 3.46. The molecule has 174 valence electrons. The molecule has 4 nitrogen and oxygen atoms in total. The second-order valence-electron chi connectivity index (χ2n) is 7.60. The molecule has 32 heavy (non-hydrogen) atoms. The number of hydrogen-bond acceptors (Lipinski definition) is 3. The van der Waals surface area contributed by atoms with E-state index in [1.807, 2.05) is 0 Å². The number of carbonyl (C=O) groups excluding carboxylic acids is 1. The first-order chi connectivity index (χ1) is 14.7. The largest absolute Gasteiger partial charge is 0.484 e. The van der Waals surface area contributed by atoms with E-state index in [0.29, 0.717) is 18.4 Å². The number of aliphatic hydroxyl groups is 1. The third-order valence-electron chi connectivity index (χ3n) is 5.12. The second kappa shape index (κ2) is 8.27. The van der Waals surface area contributed by atoms with Gasteiger partial charge in [-0.25, -0.2) is 4.39 Å². The molecule has 2 aromatic rings. The number of amides is 1. The van der Waals surface area contributed by atoms with Crippen LogP contribution < -0.4 is 10.1 Å². The minimum Gasteiger partial charge on any atom is -0.484 e. The first-order valence-corrected chi connectivity index (χ1v) is 9.40. The summed E-state index contributed by atoms with van der Waals surface area (Å²) in [6.07, 6.45) is -10.5. The van der Waals surface area contributed by atoms with Crippen LogP contribution in [0.15, 0.2) is 48.5 Å². The molecule has 0 aliphatic heterocycles. The summed E-state index contributed by atoms with van der Waals surface area (Å²) in [7, 11) is 0. The minimum atomic E-state index is -5.23. The van der Waals surface area contributed by atoms with Gasteiger partial charge >= 0.3 is 12.4 Å². The lowest BCUT2D eigenvalue weighted by molar-refractivity contribution is -0.267. The molecule has 0 aromatic heterocycles. The van der Waals surface area contributed by atoms with E-state index in [1.165, 1.54) is 24.3 Å². The van der Waals surface area contributed by atoms with Crippen molar-refractivity contribution in [2.45, 2.75) is 42.8 Å². The molecular weight excluding hydrogens is 447 g/mol. The predicted molar refractivity (Wildman–Crippen MR) is 98.0 cm³/mol. The summed E-state index contributed by atoms with van der Waals surface area (Å²) < 4.78 is 95.7. The molecule has 1 atom stereocenters. The van der Waals surface area contributed by atoms with E-state index in [9.17, 15) is 40.6 Å². The van der Waals surface area contributed by atoms with Crippen LogP contribution in [0.1, 0.15) is 30.4 Å². The van der Waals surface area contributed by atoms with Crippen LogP contribution in [0.25, 0.3) is 0 Å².